The molecule has 0 aliphatic carbocycles. The SMILES string of the molecule is NC(CO)(CO)CO.[Cu+2]. The summed E-state index contributed by atoms with van der Waals surface area (Å²) in [5.74, 6) is 0. The topological polar surface area (TPSA) is 86.7 Å². The van der Waals surface area contributed by atoms with E-state index in [-0.39, 0.29) is 17.1 Å². The molecule has 0 saturated heterocycles. The van der Waals surface area contributed by atoms with Crippen LogP contribution in [0.5, 0.6) is 0 Å². The van der Waals surface area contributed by atoms with Crippen molar-refractivity contribution in [2.45, 2.75) is 5.54 Å². The summed E-state index contributed by atoms with van der Waals surface area (Å²) in [5.41, 5.74) is 3.94. The molecule has 0 aliphatic rings. The second-order valence-electron chi connectivity index (χ2n) is 1.84. The molecule has 0 aromatic heterocycles. The summed E-state index contributed by atoms with van der Waals surface area (Å²) in [6, 6.07) is 0. The molecular weight excluding hydrogens is 174 g/mol. The van der Waals surface area contributed by atoms with Crippen molar-refractivity contribution >= 4 is 0 Å². The van der Waals surface area contributed by atoms with E-state index in [1.54, 1.807) is 0 Å². The first-order valence-electron chi connectivity index (χ1n) is 2.30. The number of aliphatic hydroxyl groups excluding tert-OH is 3. The average Bonchev–Trinajstić information content (AvgIpc) is 1.87. The van der Waals surface area contributed by atoms with Crippen LogP contribution in [0.4, 0.5) is 0 Å². The zero-order valence-electron chi connectivity index (χ0n) is 4.84. The van der Waals surface area contributed by atoms with Gasteiger partial charge in [0.1, 0.15) is 0 Å². The third-order valence-electron chi connectivity index (χ3n) is 0.945. The second kappa shape index (κ2) is 5.17. The minimum absolute atomic E-state index is 0. The van der Waals surface area contributed by atoms with Crippen LogP contribution in [0.3, 0.4) is 0 Å². The van der Waals surface area contributed by atoms with E-state index in [1.807, 2.05) is 0 Å². The van der Waals surface area contributed by atoms with Gasteiger partial charge in [-0.05, 0) is 0 Å². The second-order valence-corrected chi connectivity index (χ2v) is 1.84. The molecule has 59 valence electrons. The number of nitrogens with two attached hydrogens (primary N) is 1. The Kier molecular flexibility index (Phi) is 6.93. The fourth-order valence-corrected chi connectivity index (χ4v) is 0.150. The fraction of sp³-hybridized carbons (Fsp3) is 1.00. The first kappa shape index (κ1) is 12.1. The first-order valence-corrected chi connectivity index (χ1v) is 2.30. The molecule has 0 rings (SSSR count). The summed E-state index contributed by atoms with van der Waals surface area (Å²) >= 11 is 0. The Labute approximate surface area is 64.2 Å². The maximum absolute atomic E-state index is 8.34. The van der Waals surface area contributed by atoms with Gasteiger partial charge in [0.25, 0.3) is 0 Å². The van der Waals surface area contributed by atoms with E-state index in [2.05, 4.69) is 0 Å². The summed E-state index contributed by atoms with van der Waals surface area (Å²) in [7, 11) is 0. The van der Waals surface area contributed by atoms with Crippen LogP contribution in [0.2, 0.25) is 0 Å². The van der Waals surface area contributed by atoms with Crippen molar-refractivity contribution < 1.29 is 32.4 Å². The molecular formula is C4H11CuNO3+2. The van der Waals surface area contributed by atoms with E-state index >= 15 is 0 Å². The quantitative estimate of drug-likeness (QED) is 0.371. The summed E-state index contributed by atoms with van der Waals surface area (Å²) < 4.78 is 0. The zero-order valence-corrected chi connectivity index (χ0v) is 5.78. The van der Waals surface area contributed by atoms with Gasteiger partial charge in [-0.1, -0.05) is 0 Å². The van der Waals surface area contributed by atoms with E-state index in [4.69, 9.17) is 21.1 Å². The van der Waals surface area contributed by atoms with Crippen molar-refractivity contribution in [3.05, 3.63) is 0 Å². The molecule has 0 amide bonds. The molecule has 1 radical (unpaired) electrons. The van der Waals surface area contributed by atoms with Gasteiger partial charge in [0.15, 0.2) is 0 Å². The summed E-state index contributed by atoms with van der Waals surface area (Å²) in [6.45, 7) is -1.21. The molecule has 0 aromatic carbocycles. The molecule has 9 heavy (non-hydrogen) atoms. The van der Waals surface area contributed by atoms with Crippen LogP contribution in [0, 0.1) is 0 Å². The zero-order chi connectivity index (χ0) is 6.62. The molecule has 0 bridgehead atoms. The van der Waals surface area contributed by atoms with Crippen molar-refractivity contribution in [2.75, 3.05) is 19.8 Å². The summed E-state index contributed by atoms with van der Waals surface area (Å²) in [5, 5.41) is 25.0. The Balaban J connectivity index is 0. The fourth-order valence-electron chi connectivity index (χ4n) is 0.150. The van der Waals surface area contributed by atoms with E-state index in [9.17, 15) is 0 Å². The largest absolute Gasteiger partial charge is 2.00 e. The minimum atomic E-state index is -1.21. The van der Waals surface area contributed by atoms with Crippen LogP contribution in [-0.4, -0.2) is 40.7 Å². The Hall–Kier alpha value is 0.359. The van der Waals surface area contributed by atoms with Gasteiger partial charge in [0, 0.05) is 0 Å². The minimum Gasteiger partial charge on any atom is -0.394 e. The van der Waals surface area contributed by atoms with Crippen molar-refractivity contribution in [3.8, 4) is 0 Å². The van der Waals surface area contributed by atoms with Crippen molar-refractivity contribution in [1.82, 2.24) is 0 Å². The number of rotatable bonds is 3. The van der Waals surface area contributed by atoms with E-state index < -0.39 is 25.4 Å². The van der Waals surface area contributed by atoms with Gasteiger partial charge >= 0.3 is 17.1 Å². The molecule has 0 atom stereocenters. The molecule has 0 spiro atoms. The molecule has 5 N–H and O–H groups in total. The number of hydrogen-bond acceptors (Lipinski definition) is 4. The molecule has 0 aliphatic heterocycles. The third kappa shape index (κ3) is 3.86. The van der Waals surface area contributed by atoms with E-state index in [1.165, 1.54) is 0 Å². The molecule has 0 heterocycles. The van der Waals surface area contributed by atoms with Crippen LogP contribution in [0.1, 0.15) is 0 Å². The van der Waals surface area contributed by atoms with Crippen LogP contribution < -0.4 is 5.73 Å². The van der Waals surface area contributed by atoms with Gasteiger partial charge in [0.2, 0.25) is 0 Å². The predicted octanol–water partition coefficient (Wildman–Crippen LogP) is -2.34. The van der Waals surface area contributed by atoms with Crippen LogP contribution in [0.25, 0.3) is 0 Å². The molecule has 4 nitrogen and oxygen atoms in total. The Morgan fingerprint density at radius 3 is 1.22 bits per heavy atom. The van der Waals surface area contributed by atoms with E-state index in [0.717, 1.165) is 0 Å². The van der Waals surface area contributed by atoms with Crippen molar-refractivity contribution in [2.24, 2.45) is 5.73 Å². The van der Waals surface area contributed by atoms with Gasteiger partial charge < -0.3 is 21.1 Å². The Morgan fingerprint density at radius 2 is 1.22 bits per heavy atom. The Morgan fingerprint density at radius 1 is 1.00 bits per heavy atom. The first-order chi connectivity index (χ1) is 3.68. The maximum Gasteiger partial charge on any atom is 2.00 e. The molecule has 0 fully saturated rings. The van der Waals surface area contributed by atoms with Gasteiger partial charge in [-0.3, -0.25) is 0 Å². The predicted molar refractivity (Wildman–Crippen MR) is 28.2 cm³/mol. The third-order valence-corrected chi connectivity index (χ3v) is 0.945. The molecule has 5 heteroatoms. The van der Waals surface area contributed by atoms with Crippen molar-refractivity contribution in [3.63, 3.8) is 0 Å². The molecule has 0 unspecified atom stereocenters. The summed E-state index contributed by atoms with van der Waals surface area (Å²) in [4.78, 5) is 0. The van der Waals surface area contributed by atoms with Crippen LogP contribution >= 0.6 is 0 Å². The van der Waals surface area contributed by atoms with Crippen molar-refractivity contribution in [1.29, 1.82) is 0 Å². The molecule has 0 saturated carbocycles. The average molecular weight is 185 g/mol. The Bertz CT molecular complexity index is 58.6. The smallest absolute Gasteiger partial charge is 0.394 e. The van der Waals surface area contributed by atoms with Gasteiger partial charge in [-0.25, -0.2) is 0 Å². The van der Waals surface area contributed by atoms with Gasteiger partial charge in [-0.15, -0.1) is 0 Å². The van der Waals surface area contributed by atoms with Crippen LogP contribution in [0.15, 0.2) is 0 Å². The standard InChI is InChI=1S/C4H11NO3.Cu/c5-4(1-6,2-7)3-8;/h6-8H,1-3,5H2;/q;+2. The van der Waals surface area contributed by atoms with E-state index in [0.29, 0.717) is 0 Å². The monoisotopic (exact) mass is 184 g/mol. The van der Waals surface area contributed by atoms with Gasteiger partial charge in [0.05, 0.1) is 25.4 Å². The van der Waals surface area contributed by atoms with Crippen LogP contribution in [-0.2, 0) is 17.1 Å². The maximum atomic E-state index is 8.34. The summed E-state index contributed by atoms with van der Waals surface area (Å²) in [6.07, 6.45) is 0. The number of aliphatic hydroxyl groups is 3. The van der Waals surface area contributed by atoms with Gasteiger partial charge in [-0.2, -0.15) is 0 Å². The normalized spacial score (nSPS) is 10.7. The molecule has 0 aromatic rings. The number of hydrogen-bond donors (Lipinski definition) is 4.